The van der Waals surface area contributed by atoms with Crippen molar-refractivity contribution in [1.82, 2.24) is 5.32 Å². The topological polar surface area (TPSA) is 44.6 Å². The van der Waals surface area contributed by atoms with E-state index in [0.29, 0.717) is 5.32 Å². The first-order valence-corrected chi connectivity index (χ1v) is 1.49. The van der Waals surface area contributed by atoms with Crippen molar-refractivity contribution in [2.24, 2.45) is 5.16 Å². The van der Waals surface area contributed by atoms with Crippen LogP contribution in [-0.4, -0.2) is 17.8 Å². The molecule has 47 valence electrons. The van der Waals surface area contributed by atoms with E-state index in [0.717, 1.165) is 6.34 Å². The monoisotopic (exact) mass is 127 g/mol. The fraction of sp³-hybridized carbons (Fsp3) is 0.500. The van der Waals surface area contributed by atoms with Crippen molar-refractivity contribution in [3.05, 3.63) is 0 Å². The maximum absolute atomic E-state index is 10.9. The van der Waals surface area contributed by atoms with Crippen LogP contribution in [0.3, 0.4) is 0 Å². The van der Waals surface area contributed by atoms with E-state index in [1.807, 2.05) is 5.16 Å². The molecule has 0 spiro atoms. The molecule has 0 aliphatic rings. The SMILES string of the molecule is ON=[C]NC(F)(F)F. The van der Waals surface area contributed by atoms with Gasteiger partial charge in [-0.25, -0.2) is 0 Å². The Labute approximate surface area is 42.8 Å². The lowest BCUT2D eigenvalue weighted by Crippen LogP contribution is -2.29. The molecule has 0 heterocycles. The molecule has 0 rings (SSSR count). The number of hydrogen-bond donors (Lipinski definition) is 2. The summed E-state index contributed by atoms with van der Waals surface area (Å²) in [7, 11) is 0. The Morgan fingerprint density at radius 2 is 2.00 bits per heavy atom. The average Bonchev–Trinajstić information content (AvgIpc) is 1.59. The average molecular weight is 127 g/mol. The van der Waals surface area contributed by atoms with Crippen LogP contribution in [0.15, 0.2) is 5.16 Å². The highest BCUT2D eigenvalue weighted by atomic mass is 19.4. The van der Waals surface area contributed by atoms with Gasteiger partial charge in [0.15, 0.2) is 0 Å². The molecular weight excluding hydrogens is 125 g/mol. The van der Waals surface area contributed by atoms with Crippen LogP contribution in [0.2, 0.25) is 0 Å². The number of hydrogen-bond acceptors (Lipinski definition) is 2. The minimum Gasteiger partial charge on any atom is -0.409 e. The second-order valence-electron chi connectivity index (χ2n) is 0.835. The number of nitrogens with zero attached hydrogens (tertiary/aromatic N) is 1. The Morgan fingerprint density at radius 3 is 2.12 bits per heavy atom. The lowest BCUT2D eigenvalue weighted by Gasteiger charge is -1.99. The summed E-state index contributed by atoms with van der Waals surface area (Å²) in [5.41, 5.74) is 0. The molecule has 2 N–H and O–H groups in total. The van der Waals surface area contributed by atoms with Crippen LogP contribution in [0.4, 0.5) is 13.2 Å². The van der Waals surface area contributed by atoms with E-state index in [1.54, 1.807) is 0 Å². The second-order valence-corrected chi connectivity index (χ2v) is 0.835. The van der Waals surface area contributed by atoms with Gasteiger partial charge in [-0.15, -0.1) is 0 Å². The predicted octanol–water partition coefficient (Wildman–Crippen LogP) is 0.390. The zero-order valence-electron chi connectivity index (χ0n) is 3.53. The molecule has 0 saturated carbocycles. The summed E-state index contributed by atoms with van der Waals surface area (Å²) in [6, 6.07) is 0. The molecule has 0 aliphatic carbocycles. The van der Waals surface area contributed by atoms with Crippen molar-refractivity contribution in [3.63, 3.8) is 0 Å². The van der Waals surface area contributed by atoms with Gasteiger partial charge in [-0.2, -0.15) is 13.2 Å². The zero-order valence-corrected chi connectivity index (χ0v) is 3.53. The molecule has 0 aromatic rings. The third kappa shape index (κ3) is 5.06. The van der Waals surface area contributed by atoms with E-state index >= 15 is 0 Å². The molecule has 0 aromatic heterocycles. The Morgan fingerprint density at radius 1 is 1.50 bits per heavy atom. The number of rotatable bonds is 1. The standard InChI is InChI=1S/C2H2F3N2O/c3-2(4,5)6-1-7-8/h8H,(H,6,7). The highest BCUT2D eigenvalue weighted by molar-refractivity contribution is 5.53. The van der Waals surface area contributed by atoms with Crippen molar-refractivity contribution < 1.29 is 18.4 Å². The minimum atomic E-state index is -4.56. The molecule has 0 saturated heterocycles. The largest absolute Gasteiger partial charge is 0.483 e. The van der Waals surface area contributed by atoms with Crippen LogP contribution in [0.1, 0.15) is 0 Å². The van der Waals surface area contributed by atoms with Crippen LogP contribution in [0, 0.1) is 0 Å². The molecule has 0 amide bonds. The molecule has 8 heavy (non-hydrogen) atoms. The van der Waals surface area contributed by atoms with Crippen molar-refractivity contribution in [2.45, 2.75) is 6.30 Å². The lowest BCUT2D eigenvalue weighted by atomic mass is 11.0. The first kappa shape index (κ1) is 7.06. The molecule has 3 nitrogen and oxygen atoms in total. The molecule has 1 radical (unpaired) electrons. The summed E-state index contributed by atoms with van der Waals surface area (Å²) >= 11 is 0. The Bertz CT molecular complexity index is 87.8. The van der Waals surface area contributed by atoms with Crippen LogP contribution in [0.25, 0.3) is 0 Å². The van der Waals surface area contributed by atoms with Crippen LogP contribution in [-0.2, 0) is 0 Å². The number of nitrogens with one attached hydrogen (secondary N) is 1. The van der Waals surface area contributed by atoms with Gasteiger partial charge >= 0.3 is 6.30 Å². The van der Waals surface area contributed by atoms with Crippen molar-refractivity contribution in [2.75, 3.05) is 0 Å². The van der Waals surface area contributed by atoms with Crippen LogP contribution >= 0.6 is 0 Å². The van der Waals surface area contributed by atoms with E-state index < -0.39 is 6.30 Å². The van der Waals surface area contributed by atoms with Crippen LogP contribution in [0.5, 0.6) is 0 Å². The van der Waals surface area contributed by atoms with Gasteiger partial charge in [-0.05, 0) is 0 Å². The molecular formula is C2H2F3N2O. The Balaban J connectivity index is 3.39. The summed E-state index contributed by atoms with van der Waals surface area (Å²) in [6.07, 6.45) is -3.47. The second kappa shape index (κ2) is 2.39. The van der Waals surface area contributed by atoms with Crippen molar-refractivity contribution in [1.29, 1.82) is 0 Å². The fourth-order valence-electron chi connectivity index (χ4n) is 0.0884. The van der Waals surface area contributed by atoms with Gasteiger partial charge in [0.2, 0.25) is 6.34 Å². The summed E-state index contributed by atoms with van der Waals surface area (Å²) in [5, 5.41) is 10.0. The Hall–Kier alpha value is -0.940. The molecule has 0 unspecified atom stereocenters. The third-order valence-corrected chi connectivity index (χ3v) is 0.248. The first-order chi connectivity index (χ1) is 3.56. The first-order valence-electron chi connectivity index (χ1n) is 1.49. The van der Waals surface area contributed by atoms with E-state index in [4.69, 9.17) is 5.21 Å². The molecule has 0 bridgehead atoms. The smallest absolute Gasteiger partial charge is 0.409 e. The molecule has 0 atom stereocenters. The highest BCUT2D eigenvalue weighted by Crippen LogP contribution is 2.06. The van der Waals surface area contributed by atoms with E-state index in [1.165, 1.54) is 0 Å². The fourth-order valence-corrected chi connectivity index (χ4v) is 0.0884. The van der Waals surface area contributed by atoms with Gasteiger partial charge in [-0.1, -0.05) is 5.16 Å². The van der Waals surface area contributed by atoms with Gasteiger partial charge in [0, 0.05) is 0 Å². The third-order valence-electron chi connectivity index (χ3n) is 0.248. The summed E-state index contributed by atoms with van der Waals surface area (Å²) in [5.74, 6) is 0. The Kier molecular flexibility index (Phi) is 2.11. The highest BCUT2D eigenvalue weighted by Gasteiger charge is 2.25. The van der Waals surface area contributed by atoms with Gasteiger partial charge in [-0.3, -0.25) is 5.32 Å². The van der Waals surface area contributed by atoms with Gasteiger partial charge in [0.25, 0.3) is 0 Å². The van der Waals surface area contributed by atoms with E-state index in [2.05, 4.69) is 0 Å². The van der Waals surface area contributed by atoms with Gasteiger partial charge in [0.1, 0.15) is 0 Å². The maximum Gasteiger partial charge on any atom is 0.483 e. The van der Waals surface area contributed by atoms with E-state index in [-0.39, 0.29) is 0 Å². The normalized spacial score (nSPS) is 12.4. The zero-order chi connectivity index (χ0) is 6.62. The summed E-state index contributed by atoms with van der Waals surface area (Å²) in [6.45, 7) is 0. The lowest BCUT2D eigenvalue weighted by molar-refractivity contribution is -0.141. The quantitative estimate of drug-likeness (QED) is 0.134. The molecule has 0 aromatic carbocycles. The van der Waals surface area contributed by atoms with Crippen molar-refractivity contribution >= 4 is 6.34 Å². The molecule has 0 fully saturated rings. The predicted molar refractivity (Wildman–Crippen MR) is 18.4 cm³/mol. The summed E-state index contributed by atoms with van der Waals surface area (Å²) < 4.78 is 32.7. The van der Waals surface area contributed by atoms with Crippen molar-refractivity contribution in [3.8, 4) is 0 Å². The number of halogens is 3. The number of alkyl halides is 3. The minimum absolute atomic E-state index is 0.705. The maximum atomic E-state index is 10.9. The molecule has 6 heteroatoms. The van der Waals surface area contributed by atoms with Gasteiger partial charge < -0.3 is 5.21 Å². The van der Waals surface area contributed by atoms with E-state index in [9.17, 15) is 13.2 Å². The van der Waals surface area contributed by atoms with Gasteiger partial charge in [0.05, 0.1) is 0 Å². The molecule has 0 aliphatic heterocycles. The van der Waals surface area contributed by atoms with Crippen LogP contribution < -0.4 is 5.32 Å². The summed E-state index contributed by atoms with van der Waals surface area (Å²) in [4.78, 5) is 0.